The van der Waals surface area contributed by atoms with E-state index in [1.165, 1.54) is 17.0 Å². The first-order chi connectivity index (χ1) is 8.95. The summed E-state index contributed by atoms with van der Waals surface area (Å²) < 4.78 is 26.3. The molecule has 1 aromatic rings. The first-order valence-electron chi connectivity index (χ1n) is 6.34. The molecule has 1 amide bonds. The van der Waals surface area contributed by atoms with Crippen molar-refractivity contribution in [1.29, 1.82) is 0 Å². The summed E-state index contributed by atoms with van der Waals surface area (Å²) >= 11 is 0. The summed E-state index contributed by atoms with van der Waals surface area (Å²) in [5.41, 5.74) is 5.71. The number of carbonyl (C=O) groups is 1. The van der Waals surface area contributed by atoms with Crippen LogP contribution in [0.15, 0.2) is 18.2 Å². The third-order valence-corrected chi connectivity index (χ3v) is 3.06. The van der Waals surface area contributed by atoms with E-state index in [1.54, 1.807) is 7.05 Å². The molecule has 0 aliphatic rings. The Balaban J connectivity index is 2.63. The van der Waals surface area contributed by atoms with Crippen LogP contribution in [0.25, 0.3) is 0 Å². The quantitative estimate of drug-likeness (QED) is 0.862. The summed E-state index contributed by atoms with van der Waals surface area (Å²) in [4.78, 5) is 13.5. The maximum atomic E-state index is 13.5. The van der Waals surface area contributed by atoms with Gasteiger partial charge in [-0.2, -0.15) is 0 Å². The van der Waals surface area contributed by atoms with Crippen molar-refractivity contribution < 1.29 is 13.6 Å². The Morgan fingerprint density at radius 3 is 2.68 bits per heavy atom. The zero-order chi connectivity index (χ0) is 14.4. The van der Waals surface area contributed by atoms with Gasteiger partial charge in [0.25, 0.3) is 0 Å². The lowest BCUT2D eigenvalue weighted by Gasteiger charge is -2.21. The molecule has 19 heavy (non-hydrogen) atoms. The van der Waals surface area contributed by atoms with Crippen molar-refractivity contribution in [1.82, 2.24) is 4.90 Å². The molecule has 0 radical (unpaired) electrons. The molecule has 5 heteroatoms. The molecule has 0 bridgehead atoms. The van der Waals surface area contributed by atoms with E-state index in [4.69, 9.17) is 5.73 Å². The predicted octanol–water partition coefficient (Wildman–Crippen LogP) is 2.30. The maximum absolute atomic E-state index is 13.5. The summed E-state index contributed by atoms with van der Waals surface area (Å²) in [6.07, 6.45) is 1.50. The van der Waals surface area contributed by atoms with E-state index in [9.17, 15) is 13.6 Å². The molecule has 0 saturated heterocycles. The van der Waals surface area contributed by atoms with E-state index < -0.39 is 11.6 Å². The normalized spacial score (nSPS) is 12.3. The van der Waals surface area contributed by atoms with Crippen LogP contribution in [-0.2, 0) is 11.3 Å². The van der Waals surface area contributed by atoms with Crippen LogP contribution in [0.2, 0.25) is 0 Å². The Morgan fingerprint density at radius 2 is 2.11 bits per heavy atom. The molecule has 3 nitrogen and oxygen atoms in total. The Kier molecular flexibility index (Phi) is 5.89. The second-order valence-electron chi connectivity index (χ2n) is 4.76. The van der Waals surface area contributed by atoms with Crippen molar-refractivity contribution in [2.24, 2.45) is 11.7 Å². The number of hydrogen-bond donors (Lipinski definition) is 1. The first-order valence-corrected chi connectivity index (χ1v) is 6.34. The highest BCUT2D eigenvalue weighted by molar-refractivity contribution is 5.78. The molecule has 0 fully saturated rings. The molecule has 0 saturated carbocycles. The van der Waals surface area contributed by atoms with Crippen LogP contribution in [-0.4, -0.2) is 24.4 Å². The lowest BCUT2D eigenvalue weighted by Crippen LogP contribution is -2.31. The lowest BCUT2D eigenvalue weighted by atomic mass is 10.0. The average Bonchev–Trinajstić information content (AvgIpc) is 2.38. The smallest absolute Gasteiger partial charge is 0.225 e. The summed E-state index contributed by atoms with van der Waals surface area (Å²) in [7, 11) is 1.62. The Labute approximate surface area is 112 Å². The lowest BCUT2D eigenvalue weighted by molar-refractivity contribution is -0.134. The van der Waals surface area contributed by atoms with E-state index in [2.05, 4.69) is 0 Å². The van der Waals surface area contributed by atoms with Crippen LogP contribution in [0.4, 0.5) is 8.78 Å². The van der Waals surface area contributed by atoms with Gasteiger partial charge in [-0.3, -0.25) is 4.79 Å². The molecule has 0 aliphatic carbocycles. The highest BCUT2D eigenvalue weighted by Gasteiger charge is 2.18. The molecule has 1 atom stereocenters. The molecule has 1 rings (SSSR count). The Hall–Kier alpha value is -1.49. The van der Waals surface area contributed by atoms with Crippen LogP contribution in [0.5, 0.6) is 0 Å². The van der Waals surface area contributed by atoms with Crippen LogP contribution >= 0.6 is 0 Å². The molecule has 106 valence electrons. The van der Waals surface area contributed by atoms with Crippen LogP contribution < -0.4 is 5.73 Å². The van der Waals surface area contributed by atoms with Gasteiger partial charge >= 0.3 is 0 Å². The van der Waals surface area contributed by atoms with Crippen LogP contribution in [0.3, 0.4) is 0 Å². The fraction of sp³-hybridized carbons (Fsp3) is 0.500. The van der Waals surface area contributed by atoms with Crippen LogP contribution in [0, 0.1) is 17.6 Å². The van der Waals surface area contributed by atoms with Crippen molar-refractivity contribution in [2.45, 2.75) is 26.3 Å². The number of nitrogens with two attached hydrogens (primary N) is 1. The van der Waals surface area contributed by atoms with Gasteiger partial charge < -0.3 is 10.6 Å². The third-order valence-electron chi connectivity index (χ3n) is 3.06. The van der Waals surface area contributed by atoms with Gasteiger partial charge in [-0.1, -0.05) is 13.0 Å². The van der Waals surface area contributed by atoms with E-state index in [1.807, 2.05) is 6.92 Å². The van der Waals surface area contributed by atoms with Crippen molar-refractivity contribution in [3.05, 3.63) is 35.4 Å². The third kappa shape index (κ3) is 4.59. The monoisotopic (exact) mass is 270 g/mol. The molecule has 1 unspecified atom stereocenters. The van der Waals surface area contributed by atoms with E-state index in [0.717, 1.165) is 12.5 Å². The van der Waals surface area contributed by atoms with E-state index in [0.29, 0.717) is 18.5 Å². The molecule has 1 aromatic carbocycles. The molecule has 2 N–H and O–H groups in total. The number of rotatable bonds is 6. The highest BCUT2D eigenvalue weighted by atomic mass is 19.1. The largest absolute Gasteiger partial charge is 0.341 e. The summed E-state index contributed by atoms with van der Waals surface area (Å²) in [5.74, 6) is -1.45. The van der Waals surface area contributed by atoms with Gasteiger partial charge in [0.15, 0.2) is 0 Å². The minimum Gasteiger partial charge on any atom is -0.341 e. The standard InChI is InChI=1S/C14H20F2N2O/c1-10(4-3-7-17)14(19)18(2)9-11-5-6-12(15)8-13(11)16/h5-6,8,10H,3-4,7,9,17H2,1-2H3. The fourth-order valence-corrected chi connectivity index (χ4v) is 1.91. The van der Waals surface area contributed by atoms with Crippen molar-refractivity contribution in [3.63, 3.8) is 0 Å². The minimum atomic E-state index is -0.630. The molecule has 0 spiro atoms. The zero-order valence-corrected chi connectivity index (χ0v) is 11.3. The van der Waals surface area contributed by atoms with Gasteiger partial charge in [-0.15, -0.1) is 0 Å². The predicted molar refractivity (Wildman–Crippen MR) is 70.3 cm³/mol. The van der Waals surface area contributed by atoms with Gasteiger partial charge in [-0.25, -0.2) is 8.78 Å². The average molecular weight is 270 g/mol. The Bertz CT molecular complexity index is 437. The van der Waals surface area contributed by atoms with Crippen molar-refractivity contribution in [3.8, 4) is 0 Å². The number of halogens is 2. The summed E-state index contributed by atoms with van der Waals surface area (Å²) in [6.45, 7) is 2.52. The summed E-state index contributed by atoms with van der Waals surface area (Å²) in [5, 5.41) is 0. The number of nitrogens with zero attached hydrogens (tertiary/aromatic N) is 1. The summed E-state index contributed by atoms with van der Waals surface area (Å²) in [6, 6.07) is 3.37. The molecule has 0 aliphatic heterocycles. The van der Waals surface area contributed by atoms with Gasteiger partial charge in [0.1, 0.15) is 11.6 Å². The fourth-order valence-electron chi connectivity index (χ4n) is 1.91. The van der Waals surface area contributed by atoms with Crippen LogP contribution in [0.1, 0.15) is 25.3 Å². The molecular weight excluding hydrogens is 250 g/mol. The molecule has 0 heterocycles. The second kappa shape index (κ2) is 7.19. The van der Waals surface area contributed by atoms with E-state index >= 15 is 0 Å². The van der Waals surface area contributed by atoms with Gasteiger partial charge in [0, 0.05) is 31.1 Å². The molecular formula is C14H20F2N2O. The second-order valence-corrected chi connectivity index (χ2v) is 4.76. The zero-order valence-electron chi connectivity index (χ0n) is 11.3. The minimum absolute atomic E-state index is 0.0582. The number of hydrogen-bond acceptors (Lipinski definition) is 2. The Morgan fingerprint density at radius 1 is 1.42 bits per heavy atom. The topological polar surface area (TPSA) is 46.3 Å². The van der Waals surface area contributed by atoms with Crippen molar-refractivity contribution >= 4 is 5.91 Å². The van der Waals surface area contributed by atoms with Crippen molar-refractivity contribution in [2.75, 3.05) is 13.6 Å². The number of amides is 1. The SMILES string of the molecule is CC(CCCN)C(=O)N(C)Cc1ccc(F)cc1F. The molecule has 0 aromatic heterocycles. The number of benzene rings is 1. The van der Waals surface area contributed by atoms with Gasteiger partial charge in [-0.05, 0) is 25.5 Å². The van der Waals surface area contributed by atoms with Gasteiger partial charge in [0.2, 0.25) is 5.91 Å². The first kappa shape index (κ1) is 15.6. The highest BCUT2D eigenvalue weighted by Crippen LogP contribution is 2.14. The van der Waals surface area contributed by atoms with Gasteiger partial charge in [0.05, 0.1) is 0 Å². The maximum Gasteiger partial charge on any atom is 0.225 e. The van der Waals surface area contributed by atoms with E-state index in [-0.39, 0.29) is 18.4 Å². The number of carbonyl (C=O) groups excluding carboxylic acids is 1.